The van der Waals surface area contributed by atoms with Crippen LogP contribution in [0.25, 0.3) is 10.8 Å². The van der Waals surface area contributed by atoms with Crippen LogP contribution in [0.1, 0.15) is 10.4 Å². The maximum absolute atomic E-state index is 13.7. The lowest BCUT2D eigenvalue weighted by Gasteiger charge is -2.07. The standard InChI is InChI=1S/C12H8ClFO3/c1-17-12(16)7-4-2-3-6-8(7)5-9(13)11(15)10(6)14/h2-5,15H,1H3. The second kappa shape index (κ2) is 4.22. The van der Waals surface area contributed by atoms with E-state index in [0.717, 1.165) is 0 Å². The number of ether oxygens (including phenoxy) is 1. The molecule has 0 fully saturated rings. The maximum atomic E-state index is 13.7. The normalized spacial score (nSPS) is 10.5. The van der Waals surface area contributed by atoms with Crippen LogP contribution in [-0.4, -0.2) is 18.2 Å². The van der Waals surface area contributed by atoms with Crippen molar-refractivity contribution < 1.29 is 19.0 Å². The van der Waals surface area contributed by atoms with Gasteiger partial charge in [0.15, 0.2) is 11.6 Å². The summed E-state index contributed by atoms with van der Waals surface area (Å²) in [5.41, 5.74) is 0.200. The highest BCUT2D eigenvalue weighted by Gasteiger charge is 2.16. The SMILES string of the molecule is COC(=O)c1cccc2c(F)c(O)c(Cl)cc12. The maximum Gasteiger partial charge on any atom is 0.338 e. The van der Waals surface area contributed by atoms with Gasteiger partial charge in [-0.2, -0.15) is 0 Å². The Morgan fingerprint density at radius 3 is 2.76 bits per heavy atom. The van der Waals surface area contributed by atoms with Crippen LogP contribution in [-0.2, 0) is 4.74 Å². The number of hydrogen-bond acceptors (Lipinski definition) is 3. The molecular formula is C12H8ClFO3. The highest BCUT2D eigenvalue weighted by molar-refractivity contribution is 6.33. The lowest BCUT2D eigenvalue weighted by atomic mass is 10.0. The van der Waals surface area contributed by atoms with Gasteiger partial charge in [0, 0.05) is 10.8 Å². The molecular weight excluding hydrogens is 247 g/mol. The fraction of sp³-hybridized carbons (Fsp3) is 0.0833. The van der Waals surface area contributed by atoms with E-state index in [9.17, 15) is 14.3 Å². The smallest absolute Gasteiger partial charge is 0.338 e. The van der Waals surface area contributed by atoms with Gasteiger partial charge in [-0.05, 0) is 12.1 Å². The highest BCUT2D eigenvalue weighted by Crippen LogP contribution is 2.34. The third-order valence-electron chi connectivity index (χ3n) is 2.45. The van der Waals surface area contributed by atoms with Crippen LogP contribution < -0.4 is 0 Å². The van der Waals surface area contributed by atoms with Crippen molar-refractivity contribution >= 4 is 28.3 Å². The number of benzene rings is 2. The predicted molar refractivity (Wildman–Crippen MR) is 61.9 cm³/mol. The van der Waals surface area contributed by atoms with Crippen LogP contribution >= 0.6 is 11.6 Å². The third-order valence-corrected chi connectivity index (χ3v) is 2.74. The third kappa shape index (κ3) is 1.80. The summed E-state index contributed by atoms with van der Waals surface area (Å²) in [4.78, 5) is 11.5. The van der Waals surface area contributed by atoms with Crippen LogP contribution in [0.15, 0.2) is 24.3 Å². The van der Waals surface area contributed by atoms with Gasteiger partial charge in [0.05, 0.1) is 17.7 Å². The fourth-order valence-corrected chi connectivity index (χ4v) is 1.82. The molecule has 0 saturated carbocycles. The molecule has 0 atom stereocenters. The summed E-state index contributed by atoms with van der Waals surface area (Å²) in [6.07, 6.45) is 0. The molecule has 0 bridgehead atoms. The molecule has 0 saturated heterocycles. The quantitative estimate of drug-likeness (QED) is 0.796. The van der Waals surface area contributed by atoms with E-state index in [-0.39, 0.29) is 16.0 Å². The minimum Gasteiger partial charge on any atom is -0.504 e. The number of fused-ring (bicyclic) bond motifs is 1. The monoisotopic (exact) mass is 254 g/mol. The van der Waals surface area contributed by atoms with Crippen LogP contribution in [0.5, 0.6) is 5.75 Å². The molecule has 5 heteroatoms. The Hall–Kier alpha value is -1.81. The van der Waals surface area contributed by atoms with Gasteiger partial charge >= 0.3 is 5.97 Å². The van der Waals surface area contributed by atoms with E-state index in [1.807, 2.05) is 0 Å². The second-order valence-electron chi connectivity index (χ2n) is 3.41. The van der Waals surface area contributed by atoms with Gasteiger partial charge in [-0.1, -0.05) is 23.7 Å². The number of aromatic hydroxyl groups is 1. The van der Waals surface area contributed by atoms with Crippen molar-refractivity contribution in [1.29, 1.82) is 0 Å². The van der Waals surface area contributed by atoms with Gasteiger partial charge in [-0.25, -0.2) is 9.18 Å². The molecule has 0 radical (unpaired) electrons. The first-order valence-corrected chi connectivity index (χ1v) is 5.12. The number of phenolic OH excluding ortho intramolecular Hbond substituents is 1. The molecule has 17 heavy (non-hydrogen) atoms. The van der Waals surface area contributed by atoms with Crippen molar-refractivity contribution in [2.75, 3.05) is 7.11 Å². The summed E-state index contributed by atoms with van der Waals surface area (Å²) in [6.45, 7) is 0. The summed E-state index contributed by atoms with van der Waals surface area (Å²) >= 11 is 5.67. The van der Waals surface area contributed by atoms with Gasteiger partial charge in [0.1, 0.15) is 0 Å². The van der Waals surface area contributed by atoms with Crippen molar-refractivity contribution in [3.8, 4) is 5.75 Å². The molecule has 2 aromatic carbocycles. The number of halogens is 2. The Morgan fingerprint density at radius 1 is 1.41 bits per heavy atom. The van der Waals surface area contributed by atoms with E-state index < -0.39 is 17.5 Å². The molecule has 3 nitrogen and oxygen atoms in total. The Kier molecular flexibility index (Phi) is 2.90. The number of rotatable bonds is 1. The Bertz CT molecular complexity index is 610. The van der Waals surface area contributed by atoms with Gasteiger partial charge < -0.3 is 9.84 Å². The van der Waals surface area contributed by atoms with Gasteiger partial charge in [0.2, 0.25) is 0 Å². The fourth-order valence-electron chi connectivity index (χ4n) is 1.63. The minimum absolute atomic E-state index is 0.120. The molecule has 2 aromatic rings. The Morgan fingerprint density at radius 2 is 2.12 bits per heavy atom. The zero-order chi connectivity index (χ0) is 12.6. The van der Waals surface area contributed by atoms with E-state index in [1.54, 1.807) is 0 Å². The number of esters is 1. The Labute approximate surface area is 101 Å². The zero-order valence-electron chi connectivity index (χ0n) is 8.83. The molecule has 0 aliphatic heterocycles. The molecule has 0 amide bonds. The van der Waals surface area contributed by atoms with Crippen LogP contribution in [0.3, 0.4) is 0 Å². The lowest BCUT2D eigenvalue weighted by Crippen LogP contribution is -2.02. The predicted octanol–water partition coefficient (Wildman–Crippen LogP) is 3.12. The molecule has 1 N–H and O–H groups in total. The molecule has 0 aromatic heterocycles. The van der Waals surface area contributed by atoms with Crippen molar-refractivity contribution in [3.05, 3.63) is 40.7 Å². The highest BCUT2D eigenvalue weighted by atomic mass is 35.5. The van der Waals surface area contributed by atoms with Gasteiger partial charge in [0.25, 0.3) is 0 Å². The molecule has 0 spiro atoms. The summed E-state index contributed by atoms with van der Waals surface area (Å²) in [5, 5.41) is 9.65. The van der Waals surface area contributed by atoms with Crippen LogP contribution in [0.4, 0.5) is 4.39 Å². The van der Waals surface area contributed by atoms with E-state index in [0.29, 0.717) is 5.39 Å². The summed E-state index contributed by atoms with van der Waals surface area (Å²) in [6, 6.07) is 5.79. The first-order valence-electron chi connectivity index (χ1n) is 4.74. The van der Waals surface area contributed by atoms with Crippen LogP contribution in [0.2, 0.25) is 5.02 Å². The average molecular weight is 255 g/mol. The number of phenols is 1. The van der Waals surface area contributed by atoms with E-state index in [1.165, 1.54) is 31.4 Å². The number of hydrogen-bond donors (Lipinski definition) is 1. The van der Waals surface area contributed by atoms with E-state index in [4.69, 9.17) is 11.6 Å². The largest absolute Gasteiger partial charge is 0.504 e. The Balaban J connectivity index is 2.86. The van der Waals surface area contributed by atoms with Crippen molar-refractivity contribution in [2.24, 2.45) is 0 Å². The molecule has 0 aliphatic carbocycles. The average Bonchev–Trinajstić information content (AvgIpc) is 2.34. The summed E-state index contributed by atoms with van der Waals surface area (Å²) < 4.78 is 18.3. The molecule has 0 unspecified atom stereocenters. The number of carbonyl (C=O) groups excluding carboxylic acids is 1. The second-order valence-corrected chi connectivity index (χ2v) is 3.82. The minimum atomic E-state index is -0.849. The van der Waals surface area contributed by atoms with E-state index >= 15 is 0 Å². The lowest BCUT2D eigenvalue weighted by molar-refractivity contribution is 0.0603. The first-order chi connectivity index (χ1) is 8.06. The van der Waals surface area contributed by atoms with Crippen LogP contribution in [0, 0.1) is 5.82 Å². The summed E-state index contributed by atoms with van der Waals surface area (Å²) in [5.74, 6) is -2.06. The zero-order valence-corrected chi connectivity index (χ0v) is 9.58. The van der Waals surface area contributed by atoms with Gasteiger partial charge in [-0.15, -0.1) is 0 Å². The number of methoxy groups -OCH3 is 1. The van der Waals surface area contributed by atoms with E-state index in [2.05, 4.69) is 4.74 Å². The molecule has 0 heterocycles. The molecule has 2 rings (SSSR count). The van der Waals surface area contributed by atoms with Crippen molar-refractivity contribution in [3.63, 3.8) is 0 Å². The molecule has 88 valence electrons. The van der Waals surface area contributed by atoms with Gasteiger partial charge in [-0.3, -0.25) is 0 Å². The number of carbonyl (C=O) groups is 1. The molecule has 0 aliphatic rings. The first kappa shape index (κ1) is 11.7. The van der Waals surface area contributed by atoms with Crippen molar-refractivity contribution in [2.45, 2.75) is 0 Å². The topological polar surface area (TPSA) is 46.5 Å². The van der Waals surface area contributed by atoms with Crippen molar-refractivity contribution in [1.82, 2.24) is 0 Å². The summed E-state index contributed by atoms with van der Waals surface area (Å²) in [7, 11) is 1.24.